The molecule has 0 N–H and O–H groups in total. The van der Waals surface area contributed by atoms with Gasteiger partial charge in [0.05, 0.1) is 0 Å². The van der Waals surface area contributed by atoms with Crippen LogP contribution in [0.1, 0.15) is 85.5 Å². The molecule has 2 rings (SSSR count). The average Bonchev–Trinajstić information content (AvgIpc) is 2.51. The molecule has 2 nitrogen and oxygen atoms in total. The van der Waals surface area contributed by atoms with E-state index >= 15 is 0 Å². The van der Waals surface area contributed by atoms with Crippen molar-refractivity contribution >= 4 is 8.56 Å². The highest BCUT2D eigenvalue weighted by atomic mass is 28.4. The van der Waals surface area contributed by atoms with Gasteiger partial charge in [0.25, 0.3) is 0 Å². The molecule has 0 bridgehead atoms. The zero-order valence-electron chi connectivity index (χ0n) is 15.4. The van der Waals surface area contributed by atoms with Crippen LogP contribution >= 0.6 is 0 Å². The highest BCUT2D eigenvalue weighted by molar-refractivity contribution is 6.70. The van der Waals surface area contributed by atoms with Crippen LogP contribution in [0.4, 0.5) is 0 Å². The minimum atomic E-state index is -2.10. The molecular weight excluding hydrogens is 288 g/mol. The van der Waals surface area contributed by atoms with Crippen LogP contribution in [0.5, 0.6) is 0 Å². The van der Waals surface area contributed by atoms with Crippen molar-refractivity contribution in [3.8, 4) is 0 Å². The maximum absolute atomic E-state index is 6.71. The predicted molar refractivity (Wildman–Crippen MR) is 96.4 cm³/mol. The van der Waals surface area contributed by atoms with Gasteiger partial charge in [-0.15, -0.1) is 0 Å². The summed E-state index contributed by atoms with van der Waals surface area (Å²) >= 11 is 0. The van der Waals surface area contributed by atoms with Crippen molar-refractivity contribution in [2.45, 2.75) is 96.6 Å². The van der Waals surface area contributed by atoms with Crippen molar-refractivity contribution in [3.05, 3.63) is 0 Å². The van der Waals surface area contributed by atoms with Crippen molar-refractivity contribution in [2.75, 3.05) is 13.2 Å². The summed E-state index contributed by atoms with van der Waals surface area (Å²) in [4.78, 5) is 0. The third-order valence-electron chi connectivity index (χ3n) is 5.82. The Morgan fingerprint density at radius 2 is 1.45 bits per heavy atom. The van der Waals surface area contributed by atoms with E-state index < -0.39 is 8.56 Å². The molecule has 0 aliphatic heterocycles. The minimum absolute atomic E-state index is 0.723. The van der Waals surface area contributed by atoms with Gasteiger partial charge in [-0.3, -0.25) is 0 Å². The van der Waals surface area contributed by atoms with Gasteiger partial charge in [0, 0.05) is 24.3 Å². The second kappa shape index (κ2) is 8.84. The van der Waals surface area contributed by atoms with Crippen molar-refractivity contribution in [2.24, 2.45) is 11.8 Å². The summed E-state index contributed by atoms with van der Waals surface area (Å²) in [6.45, 7) is 11.0. The van der Waals surface area contributed by atoms with Crippen LogP contribution in [0.2, 0.25) is 11.1 Å². The average molecular weight is 327 g/mol. The van der Waals surface area contributed by atoms with E-state index in [4.69, 9.17) is 8.85 Å². The molecule has 2 aliphatic carbocycles. The highest BCUT2D eigenvalue weighted by Crippen LogP contribution is 2.51. The molecule has 2 saturated carbocycles. The Hall–Kier alpha value is 0.137. The van der Waals surface area contributed by atoms with E-state index in [1.165, 1.54) is 51.4 Å². The topological polar surface area (TPSA) is 18.5 Å². The zero-order valence-corrected chi connectivity index (χ0v) is 16.4. The Morgan fingerprint density at radius 1 is 0.818 bits per heavy atom. The fourth-order valence-electron chi connectivity index (χ4n) is 5.11. The van der Waals surface area contributed by atoms with Crippen LogP contribution in [-0.4, -0.2) is 21.8 Å². The second-order valence-electron chi connectivity index (χ2n) is 7.95. The fraction of sp³-hybridized carbons (Fsp3) is 1.00. The van der Waals surface area contributed by atoms with Gasteiger partial charge >= 0.3 is 8.56 Å². The van der Waals surface area contributed by atoms with Crippen LogP contribution < -0.4 is 0 Å². The third kappa shape index (κ3) is 4.36. The van der Waals surface area contributed by atoms with Gasteiger partial charge in [-0.2, -0.15) is 0 Å². The van der Waals surface area contributed by atoms with Gasteiger partial charge < -0.3 is 8.85 Å². The first kappa shape index (κ1) is 18.5. The summed E-state index contributed by atoms with van der Waals surface area (Å²) in [5.74, 6) is 1.68. The molecule has 3 unspecified atom stereocenters. The molecule has 0 aromatic carbocycles. The van der Waals surface area contributed by atoms with Crippen molar-refractivity contribution in [3.63, 3.8) is 0 Å². The lowest BCUT2D eigenvalue weighted by Crippen LogP contribution is -2.53. The normalized spacial score (nSPS) is 33.5. The first-order valence-corrected chi connectivity index (χ1v) is 11.9. The lowest BCUT2D eigenvalue weighted by atomic mass is 9.83. The van der Waals surface area contributed by atoms with E-state index in [-0.39, 0.29) is 0 Å². The maximum Gasteiger partial charge on any atom is 0.344 e. The van der Waals surface area contributed by atoms with Crippen LogP contribution in [0, 0.1) is 11.8 Å². The minimum Gasteiger partial charge on any atom is -0.394 e. The number of rotatable bonds is 7. The second-order valence-corrected chi connectivity index (χ2v) is 11.6. The highest BCUT2D eigenvalue weighted by Gasteiger charge is 2.53. The van der Waals surface area contributed by atoms with Gasteiger partial charge in [-0.05, 0) is 57.3 Å². The molecule has 0 saturated heterocycles. The summed E-state index contributed by atoms with van der Waals surface area (Å²) in [6.07, 6.45) is 12.1. The Labute approximate surface area is 139 Å². The fourth-order valence-corrected chi connectivity index (χ4v) is 10.5. The molecule has 3 heteroatoms. The van der Waals surface area contributed by atoms with Crippen LogP contribution in [0.25, 0.3) is 0 Å². The Bertz CT molecular complexity index is 307. The van der Waals surface area contributed by atoms with Gasteiger partial charge in [0.1, 0.15) is 0 Å². The molecule has 3 atom stereocenters. The van der Waals surface area contributed by atoms with Crippen molar-refractivity contribution < 1.29 is 8.85 Å². The van der Waals surface area contributed by atoms with Crippen LogP contribution in [-0.2, 0) is 8.85 Å². The number of hydrogen-bond donors (Lipinski definition) is 0. The Morgan fingerprint density at radius 3 is 2.00 bits per heavy atom. The maximum atomic E-state index is 6.71. The van der Waals surface area contributed by atoms with E-state index in [9.17, 15) is 0 Å². The standard InChI is InChI=1S/C19H38O2Si/c1-5-12-21-22(20-6-2,18-10-8-7-9-11-18)19-14-16(3)13-17(4)15-19/h16-19H,5-15H2,1-4H3. The summed E-state index contributed by atoms with van der Waals surface area (Å²) < 4.78 is 13.3. The summed E-state index contributed by atoms with van der Waals surface area (Å²) in [5.41, 5.74) is 1.47. The smallest absolute Gasteiger partial charge is 0.344 e. The Kier molecular flexibility index (Phi) is 7.42. The summed E-state index contributed by atoms with van der Waals surface area (Å²) in [5, 5.41) is 0. The van der Waals surface area contributed by atoms with E-state index in [0.717, 1.165) is 42.6 Å². The summed E-state index contributed by atoms with van der Waals surface area (Å²) in [7, 11) is -2.10. The van der Waals surface area contributed by atoms with E-state index in [1.54, 1.807) is 0 Å². The largest absolute Gasteiger partial charge is 0.394 e. The van der Waals surface area contributed by atoms with Crippen LogP contribution in [0.3, 0.4) is 0 Å². The molecule has 0 amide bonds. The lowest BCUT2D eigenvalue weighted by Gasteiger charge is -2.47. The monoisotopic (exact) mass is 326 g/mol. The molecule has 2 aliphatic rings. The van der Waals surface area contributed by atoms with Gasteiger partial charge in [-0.1, -0.05) is 40.0 Å². The van der Waals surface area contributed by atoms with Gasteiger partial charge in [0.2, 0.25) is 0 Å². The molecule has 0 aromatic rings. The van der Waals surface area contributed by atoms with Gasteiger partial charge in [-0.25, -0.2) is 0 Å². The molecule has 2 fully saturated rings. The molecule has 130 valence electrons. The first-order chi connectivity index (χ1) is 10.6. The quantitative estimate of drug-likeness (QED) is 0.530. The van der Waals surface area contributed by atoms with Crippen molar-refractivity contribution in [1.29, 1.82) is 0 Å². The zero-order chi connectivity index (χ0) is 16.0. The van der Waals surface area contributed by atoms with Crippen molar-refractivity contribution in [1.82, 2.24) is 0 Å². The molecular formula is C19H38O2Si. The lowest BCUT2D eigenvalue weighted by molar-refractivity contribution is 0.129. The Balaban J connectivity index is 2.23. The first-order valence-electron chi connectivity index (χ1n) is 9.90. The SMILES string of the molecule is CCCO[Si](OCC)(C1CCCCC1)C1CC(C)CC(C)C1. The molecule has 0 heterocycles. The molecule has 0 spiro atoms. The number of hydrogen-bond acceptors (Lipinski definition) is 2. The van der Waals surface area contributed by atoms with Crippen LogP contribution in [0.15, 0.2) is 0 Å². The van der Waals surface area contributed by atoms with E-state index in [2.05, 4.69) is 27.7 Å². The third-order valence-corrected chi connectivity index (χ3v) is 10.5. The molecule has 22 heavy (non-hydrogen) atoms. The molecule has 0 aromatic heterocycles. The van der Waals surface area contributed by atoms with E-state index in [1.807, 2.05) is 0 Å². The predicted octanol–water partition coefficient (Wildman–Crippen LogP) is 6.05. The van der Waals surface area contributed by atoms with Gasteiger partial charge in [0.15, 0.2) is 0 Å². The summed E-state index contributed by atoms with van der Waals surface area (Å²) in [6, 6.07) is 0. The molecule has 0 radical (unpaired) electrons. The van der Waals surface area contributed by atoms with E-state index in [0.29, 0.717) is 0 Å².